The molecule has 0 heterocycles. The van der Waals surface area contributed by atoms with Gasteiger partial charge in [0.25, 0.3) is 0 Å². The van der Waals surface area contributed by atoms with Crippen molar-refractivity contribution in [3.05, 3.63) is 29.3 Å². The van der Waals surface area contributed by atoms with Gasteiger partial charge in [-0.3, -0.25) is 0 Å². The lowest BCUT2D eigenvalue weighted by Gasteiger charge is -2.01. The lowest BCUT2D eigenvalue weighted by atomic mass is 10.3. The van der Waals surface area contributed by atoms with E-state index in [1.165, 1.54) is 0 Å². The Hall–Kier alpha value is -1.13. The summed E-state index contributed by atoms with van der Waals surface area (Å²) < 4.78 is 5.06. The molecule has 11 heavy (non-hydrogen) atoms. The van der Waals surface area contributed by atoms with Crippen LogP contribution in [0.4, 0.5) is 0 Å². The number of hydrogen-bond acceptors (Lipinski definition) is 1. The van der Waals surface area contributed by atoms with Gasteiger partial charge in [-0.15, -0.1) is 6.42 Å². The lowest BCUT2D eigenvalue weighted by molar-refractivity contribution is 0.370. The third-order valence-electron chi connectivity index (χ3n) is 1.07. The zero-order chi connectivity index (χ0) is 8.10. The number of para-hydroxylation sites is 1. The van der Waals surface area contributed by atoms with Crippen molar-refractivity contribution in [2.75, 3.05) is 6.61 Å². The molecule has 0 bridgehead atoms. The molecule has 0 fully saturated rings. The van der Waals surface area contributed by atoms with E-state index in [9.17, 15) is 0 Å². The summed E-state index contributed by atoms with van der Waals surface area (Å²) in [6, 6.07) is 8.05. The molecule has 0 amide bonds. The van der Waals surface area contributed by atoms with Crippen LogP contribution in [-0.4, -0.2) is 6.61 Å². The Morgan fingerprint density at radius 1 is 1.73 bits per heavy atom. The molecule has 55 valence electrons. The van der Waals surface area contributed by atoms with Gasteiger partial charge in [0.15, 0.2) is 0 Å². The van der Waals surface area contributed by atoms with Gasteiger partial charge in [-0.1, -0.05) is 29.7 Å². The number of rotatable bonds is 2. The summed E-state index contributed by atoms with van der Waals surface area (Å²) in [5.74, 6) is 2.85. The first kappa shape index (κ1) is 7.97. The number of hydrogen-bond donors (Lipinski definition) is 0. The fourth-order valence-electron chi connectivity index (χ4n) is 0.625. The van der Waals surface area contributed by atoms with Crippen LogP contribution >= 0.6 is 11.6 Å². The molecular formula is C9H6ClO. The van der Waals surface area contributed by atoms with Crippen LogP contribution in [-0.2, 0) is 0 Å². The van der Waals surface area contributed by atoms with E-state index >= 15 is 0 Å². The molecule has 0 aromatic heterocycles. The minimum Gasteiger partial charge on any atom is -0.479 e. The topological polar surface area (TPSA) is 9.23 Å². The molecule has 0 saturated heterocycles. The highest BCUT2D eigenvalue weighted by atomic mass is 35.5. The first-order valence-corrected chi connectivity index (χ1v) is 3.45. The van der Waals surface area contributed by atoms with E-state index in [-0.39, 0.29) is 6.61 Å². The minimum absolute atomic E-state index is 0.222. The van der Waals surface area contributed by atoms with Crippen molar-refractivity contribution in [1.82, 2.24) is 0 Å². The van der Waals surface area contributed by atoms with E-state index in [0.717, 1.165) is 0 Å². The normalized spacial score (nSPS) is 8.73. The van der Waals surface area contributed by atoms with Crippen LogP contribution in [0.15, 0.2) is 18.2 Å². The summed E-state index contributed by atoms with van der Waals surface area (Å²) in [6.45, 7) is 0.222. The second kappa shape index (κ2) is 3.90. The molecule has 1 nitrogen and oxygen atoms in total. The average molecular weight is 166 g/mol. The molecule has 1 aromatic carbocycles. The second-order valence-corrected chi connectivity index (χ2v) is 2.25. The summed E-state index contributed by atoms with van der Waals surface area (Å²) in [5.41, 5.74) is 0. The average Bonchev–Trinajstić information content (AvgIpc) is 2.03. The Bertz CT molecular complexity index is 275. The number of benzene rings is 1. The van der Waals surface area contributed by atoms with Crippen molar-refractivity contribution in [2.24, 2.45) is 0 Å². The summed E-state index contributed by atoms with van der Waals surface area (Å²) >= 11 is 5.74. The molecule has 1 rings (SSSR count). The predicted molar refractivity (Wildman–Crippen MR) is 44.6 cm³/mol. The molecule has 0 unspecified atom stereocenters. The van der Waals surface area contributed by atoms with Crippen molar-refractivity contribution in [1.29, 1.82) is 0 Å². The summed E-state index contributed by atoms with van der Waals surface area (Å²) in [7, 11) is 0. The van der Waals surface area contributed by atoms with Crippen molar-refractivity contribution >= 4 is 11.6 Å². The monoisotopic (exact) mass is 165 g/mol. The standard InChI is InChI=1S/C9H6ClO/c1-2-7-11-9-6-4-3-5-8(9)10/h1,3-5H,7H2. The first-order chi connectivity index (χ1) is 5.34. The zero-order valence-electron chi connectivity index (χ0n) is 5.80. The van der Waals surface area contributed by atoms with E-state index in [4.69, 9.17) is 22.8 Å². The summed E-state index contributed by atoms with van der Waals surface area (Å²) in [4.78, 5) is 0. The molecule has 1 radical (unpaired) electrons. The minimum atomic E-state index is 0.222. The SMILES string of the molecule is C#CCOc1[c]cccc1Cl. The molecule has 0 saturated carbocycles. The highest BCUT2D eigenvalue weighted by Gasteiger charge is 1.96. The summed E-state index contributed by atoms with van der Waals surface area (Å²) in [6.07, 6.45) is 4.99. The smallest absolute Gasteiger partial charge is 0.148 e. The van der Waals surface area contributed by atoms with Crippen molar-refractivity contribution in [2.45, 2.75) is 0 Å². The van der Waals surface area contributed by atoms with Gasteiger partial charge >= 0.3 is 0 Å². The molecular weight excluding hydrogens is 160 g/mol. The zero-order valence-corrected chi connectivity index (χ0v) is 6.56. The molecule has 2 heteroatoms. The number of halogens is 1. The Labute approximate surface area is 70.9 Å². The van der Waals surface area contributed by atoms with Gasteiger partial charge in [0.05, 0.1) is 5.02 Å². The van der Waals surface area contributed by atoms with Crippen LogP contribution in [0.1, 0.15) is 0 Å². The Morgan fingerprint density at radius 3 is 3.18 bits per heavy atom. The van der Waals surface area contributed by atoms with Crippen LogP contribution in [0.25, 0.3) is 0 Å². The maximum Gasteiger partial charge on any atom is 0.148 e. The van der Waals surface area contributed by atoms with Gasteiger partial charge < -0.3 is 4.74 Å². The molecule has 0 aliphatic carbocycles. The van der Waals surface area contributed by atoms with Gasteiger partial charge in [-0.2, -0.15) is 0 Å². The van der Waals surface area contributed by atoms with E-state index in [0.29, 0.717) is 10.8 Å². The molecule has 0 aliphatic heterocycles. The molecule has 1 aromatic rings. The van der Waals surface area contributed by atoms with Gasteiger partial charge in [0, 0.05) is 6.07 Å². The van der Waals surface area contributed by atoms with Crippen molar-refractivity contribution in [3.63, 3.8) is 0 Å². The maximum atomic E-state index is 5.74. The van der Waals surface area contributed by atoms with Gasteiger partial charge in [-0.25, -0.2) is 0 Å². The van der Waals surface area contributed by atoms with Crippen LogP contribution in [0.3, 0.4) is 0 Å². The van der Waals surface area contributed by atoms with Crippen LogP contribution in [0.2, 0.25) is 5.02 Å². The van der Waals surface area contributed by atoms with E-state index in [1.54, 1.807) is 18.2 Å². The van der Waals surface area contributed by atoms with Crippen molar-refractivity contribution < 1.29 is 4.74 Å². The van der Waals surface area contributed by atoms with Gasteiger partial charge in [-0.05, 0) is 6.07 Å². The second-order valence-electron chi connectivity index (χ2n) is 1.84. The van der Waals surface area contributed by atoms with Crippen molar-refractivity contribution in [3.8, 4) is 18.1 Å². The molecule has 0 aliphatic rings. The fraction of sp³-hybridized carbons (Fsp3) is 0.111. The quantitative estimate of drug-likeness (QED) is 0.611. The Balaban J connectivity index is 2.71. The maximum absolute atomic E-state index is 5.74. The molecule has 0 spiro atoms. The first-order valence-electron chi connectivity index (χ1n) is 3.07. The number of ether oxygens (including phenoxy) is 1. The molecule has 0 atom stereocenters. The van der Waals surface area contributed by atoms with E-state index in [2.05, 4.69) is 12.0 Å². The predicted octanol–water partition coefficient (Wildman–Crippen LogP) is 2.15. The van der Waals surface area contributed by atoms with Crippen LogP contribution in [0, 0.1) is 18.4 Å². The van der Waals surface area contributed by atoms with Crippen LogP contribution in [0.5, 0.6) is 5.75 Å². The van der Waals surface area contributed by atoms with Crippen LogP contribution < -0.4 is 4.74 Å². The highest BCUT2D eigenvalue weighted by molar-refractivity contribution is 6.32. The summed E-state index contributed by atoms with van der Waals surface area (Å²) in [5, 5.41) is 0.530. The number of terminal acetylenes is 1. The van der Waals surface area contributed by atoms with Gasteiger partial charge in [0.1, 0.15) is 12.4 Å². The van der Waals surface area contributed by atoms with Gasteiger partial charge in [0.2, 0.25) is 0 Å². The highest BCUT2D eigenvalue weighted by Crippen LogP contribution is 2.21. The third-order valence-corrected chi connectivity index (χ3v) is 1.37. The largest absolute Gasteiger partial charge is 0.479 e. The van der Waals surface area contributed by atoms with E-state index < -0.39 is 0 Å². The Kier molecular flexibility index (Phi) is 2.83. The lowest BCUT2D eigenvalue weighted by Crippen LogP contribution is -1.93. The fourth-order valence-corrected chi connectivity index (χ4v) is 0.807. The molecule has 0 N–H and O–H groups in total. The Morgan fingerprint density at radius 2 is 2.55 bits per heavy atom. The van der Waals surface area contributed by atoms with E-state index in [1.807, 2.05) is 0 Å². The third kappa shape index (κ3) is 2.18.